The molecule has 1 fully saturated rings. The number of amides is 1. The maximum Gasteiger partial charge on any atom is 0.416 e. The Bertz CT molecular complexity index is 1090. The minimum atomic E-state index is -4.41. The highest BCUT2D eigenvalue weighted by Gasteiger charge is 2.30. The average Bonchev–Trinajstić information content (AvgIpc) is 2.83. The van der Waals surface area contributed by atoms with Crippen LogP contribution in [0.2, 0.25) is 0 Å². The summed E-state index contributed by atoms with van der Waals surface area (Å²) < 4.78 is 43.9. The van der Waals surface area contributed by atoms with Crippen molar-refractivity contribution in [2.24, 2.45) is 0 Å². The van der Waals surface area contributed by atoms with E-state index in [0.717, 1.165) is 12.1 Å². The summed E-state index contributed by atoms with van der Waals surface area (Å²) in [7, 11) is 0. The number of carbonyl (C=O) groups excluding carboxylic acids is 1. The van der Waals surface area contributed by atoms with E-state index in [4.69, 9.17) is 4.74 Å². The number of benzene rings is 1. The number of carbonyl (C=O) groups is 1. The Balaban J connectivity index is 1.54. The normalized spacial score (nSPS) is 14.1. The van der Waals surface area contributed by atoms with Crippen LogP contribution >= 0.6 is 0 Å². The molecular formula is C22H21F3N6O2. The van der Waals surface area contributed by atoms with Crippen molar-refractivity contribution in [1.29, 1.82) is 0 Å². The quantitative estimate of drug-likeness (QED) is 0.585. The predicted octanol–water partition coefficient (Wildman–Crippen LogP) is 3.40. The lowest BCUT2D eigenvalue weighted by molar-refractivity contribution is -0.137. The number of aromatic nitrogens is 3. The smallest absolute Gasteiger partial charge is 0.378 e. The molecule has 8 nitrogen and oxygen atoms in total. The largest absolute Gasteiger partial charge is 0.416 e. The Labute approximate surface area is 187 Å². The molecule has 33 heavy (non-hydrogen) atoms. The summed E-state index contributed by atoms with van der Waals surface area (Å²) in [4.78, 5) is 27.4. The van der Waals surface area contributed by atoms with Gasteiger partial charge in [-0.25, -0.2) is 4.98 Å². The van der Waals surface area contributed by atoms with Crippen LogP contribution < -0.4 is 15.5 Å². The van der Waals surface area contributed by atoms with E-state index in [9.17, 15) is 18.0 Å². The second kappa shape index (κ2) is 9.82. The number of anilines is 3. The number of nitrogens with zero attached hydrogens (tertiary/aromatic N) is 4. The molecule has 172 valence electrons. The van der Waals surface area contributed by atoms with Crippen LogP contribution in [0.3, 0.4) is 0 Å². The van der Waals surface area contributed by atoms with Crippen molar-refractivity contribution in [3.63, 3.8) is 0 Å². The number of alkyl halides is 3. The van der Waals surface area contributed by atoms with Gasteiger partial charge in [0.15, 0.2) is 0 Å². The summed E-state index contributed by atoms with van der Waals surface area (Å²) in [5, 5.41) is 5.79. The maximum atomic E-state index is 12.8. The van der Waals surface area contributed by atoms with Gasteiger partial charge in [-0.2, -0.15) is 18.2 Å². The molecule has 0 atom stereocenters. The van der Waals surface area contributed by atoms with E-state index in [1.54, 1.807) is 24.3 Å². The van der Waals surface area contributed by atoms with Crippen LogP contribution in [0.1, 0.15) is 21.7 Å². The van der Waals surface area contributed by atoms with E-state index in [-0.39, 0.29) is 18.1 Å². The minimum Gasteiger partial charge on any atom is -0.378 e. The predicted molar refractivity (Wildman–Crippen MR) is 115 cm³/mol. The van der Waals surface area contributed by atoms with Gasteiger partial charge in [-0.05, 0) is 36.4 Å². The molecule has 2 N–H and O–H groups in total. The zero-order valence-electron chi connectivity index (χ0n) is 17.5. The van der Waals surface area contributed by atoms with E-state index in [0.29, 0.717) is 49.5 Å². The lowest BCUT2D eigenvalue weighted by Crippen LogP contribution is -2.37. The molecule has 1 aliphatic rings. The summed E-state index contributed by atoms with van der Waals surface area (Å²) in [6.07, 6.45) is -2.88. The molecule has 0 bridgehead atoms. The number of ether oxygens (including phenoxy) is 1. The number of hydrogen-bond acceptors (Lipinski definition) is 7. The minimum absolute atomic E-state index is 0.122. The van der Waals surface area contributed by atoms with Gasteiger partial charge in [0.1, 0.15) is 11.5 Å². The van der Waals surface area contributed by atoms with Gasteiger partial charge >= 0.3 is 6.18 Å². The Morgan fingerprint density at radius 2 is 1.82 bits per heavy atom. The van der Waals surface area contributed by atoms with Crippen molar-refractivity contribution in [2.45, 2.75) is 12.7 Å². The highest BCUT2D eigenvalue weighted by molar-refractivity contribution is 5.92. The summed E-state index contributed by atoms with van der Waals surface area (Å²) in [6, 6.07) is 11.3. The molecule has 4 rings (SSSR count). The highest BCUT2D eigenvalue weighted by atomic mass is 19.4. The first kappa shape index (κ1) is 22.5. The van der Waals surface area contributed by atoms with Crippen LogP contribution in [0, 0.1) is 0 Å². The van der Waals surface area contributed by atoms with Crippen molar-refractivity contribution in [3.8, 4) is 0 Å². The Morgan fingerprint density at radius 3 is 2.48 bits per heavy atom. The van der Waals surface area contributed by atoms with Crippen molar-refractivity contribution in [2.75, 3.05) is 36.5 Å². The Kier molecular flexibility index (Phi) is 6.68. The van der Waals surface area contributed by atoms with Gasteiger partial charge in [0, 0.05) is 31.0 Å². The zero-order valence-corrected chi connectivity index (χ0v) is 17.5. The molecule has 1 aromatic carbocycles. The van der Waals surface area contributed by atoms with Crippen molar-refractivity contribution in [3.05, 3.63) is 71.7 Å². The Morgan fingerprint density at radius 1 is 1.06 bits per heavy atom. The topological polar surface area (TPSA) is 92.3 Å². The number of pyridine rings is 1. The molecule has 0 aliphatic carbocycles. The number of hydrogen-bond donors (Lipinski definition) is 2. The first-order valence-electron chi connectivity index (χ1n) is 10.2. The second-order valence-electron chi connectivity index (χ2n) is 7.24. The van der Waals surface area contributed by atoms with E-state index < -0.39 is 11.7 Å². The summed E-state index contributed by atoms with van der Waals surface area (Å²) in [6.45, 7) is 2.39. The van der Waals surface area contributed by atoms with Crippen LogP contribution in [0.4, 0.5) is 30.6 Å². The molecule has 0 radical (unpaired) electrons. The van der Waals surface area contributed by atoms with Crippen molar-refractivity contribution >= 4 is 23.4 Å². The highest BCUT2D eigenvalue weighted by Crippen LogP contribution is 2.30. The third-order valence-corrected chi connectivity index (χ3v) is 4.87. The van der Waals surface area contributed by atoms with Gasteiger partial charge in [0.05, 0.1) is 31.0 Å². The second-order valence-corrected chi connectivity index (χ2v) is 7.24. The number of rotatable bonds is 6. The van der Waals surface area contributed by atoms with Gasteiger partial charge in [-0.3, -0.25) is 9.78 Å². The van der Waals surface area contributed by atoms with Crippen LogP contribution in [0.5, 0.6) is 0 Å². The fourth-order valence-corrected chi connectivity index (χ4v) is 3.19. The number of halogens is 3. The SMILES string of the molecule is O=C(NCc1cc(Nc2ccc(C(F)(F)F)cc2)nc(N2CCOCC2)n1)c1ccccn1. The van der Waals surface area contributed by atoms with Gasteiger partial charge in [-0.15, -0.1) is 0 Å². The van der Waals surface area contributed by atoms with E-state index >= 15 is 0 Å². The van der Waals surface area contributed by atoms with Crippen molar-refractivity contribution in [1.82, 2.24) is 20.3 Å². The molecule has 0 saturated carbocycles. The van der Waals surface area contributed by atoms with E-state index in [1.165, 1.54) is 18.3 Å². The summed E-state index contributed by atoms with van der Waals surface area (Å²) in [5.74, 6) is 0.491. The maximum absolute atomic E-state index is 12.8. The zero-order chi connectivity index (χ0) is 23.3. The van der Waals surface area contributed by atoms with Crippen molar-refractivity contribution < 1.29 is 22.7 Å². The fourth-order valence-electron chi connectivity index (χ4n) is 3.19. The molecule has 3 heterocycles. The first-order chi connectivity index (χ1) is 15.9. The van der Waals surface area contributed by atoms with E-state index in [2.05, 4.69) is 25.6 Å². The molecule has 1 amide bonds. The first-order valence-corrected chi connectivity index (χ1v) is 10.2. The molecule has 2 aromatic heterocycles. The lowest BCUT2D eigenvalue weighted by Gasteiger charge is -2.27. The molecule has 0 unspecified atom stereocenters. The van der Waals surface area contributed by atoms with Crippen LogP contribution in [0.25, 0.3) is 0 Å². The monoisotopic (exact) mass is 458 g/mol. The molecule has 1 aliphatic heterocycles. The summed E-state index contributed by atoms with van der Waals surface area (Å²) >= 11 is 0. The molecule has 0 spiro atoms. The van der Waals surface area contributed by atoms with Gasteiger partial charge < -0.3 is 20.3 Å². The summed E-state index contributed by atoms with van der Waals surface area (Å²) in [5.41, 5.74) is 0.522. The average molecular weight is 458 g/mol. The molecule has 3 aromatic rings. The lowest BCUT2D eigenvalue weighted by atomic mass is 10.2. The van der Waals surface area contributed by atoms with Crippen LogP contribution in [0.15, 0.2) is 54.7 Å². The fraction of sp³-hybridized carbons (Fsp3) is 0.273. The third kappa shape index (κ3) is 5.95. The number of morpholine rings is 1. The molecule has 11 heteroatoms. The standard InChI is InChI=1S/C22H21F3N6O2/c23-22(24,25)15-4-6-16(7-5-15)28-19-13-17(14-27-20(32)18-3-1-2-8-26-18)29-21(30-19)31-9-11-33-12-10-31/h1-8,13H,9-12,14H2,(H,27,32)(H,28,29,30). The van der Waals surface area contributed by atoms with Gasteiger partial charge in [-0.1, -0.05) is 6.07 Å². The van der Waals surface area contributed by atoms with Gasteiger partial charge in [0.25, 0.3) is 5.91 Å². The Hall–Kier alpha value is -3.73. The number of nitrogens with one attached hydrogen (secondary N) is 2. The molecule has 1 saturated heterocycles. The van der Waals surface area contributed by atoms with E-state index in [1.807, 2.05) is 4.90 Å². The van der Waals surface area contributed by atoms with Gasteiger partial charge in [0.2, 0.25) is 5.95 Å². The van der Waals surface area contributed by atoms with Crippen LogP contribution in [-0.4, -0.2) is 47.2 Å². The van der Waals surface area contributed by atoms with Crippen LogP contribution in [-0.2, 0) is 17.5 Å². The third-order valence-electron chi connectivity index (χ3n) is 4.87. The molecular weight excluding hydrogens is 437 g/mol.